The summed E-state index contributed by atoms with van der Waals surface area (Å²) in [6.07, 6.45) is 0. The Morgan fingerprint density at radius 3 is 2.67 bits per heavy atom. The number of hydrogen-bond acceptors (Lipinski definition) is 4. The SMILES string of the molecule is COc1ccc(OC)c(N2COc3ccc4ccccc4c3C2)c1. The van der Waals surface area contributed by atoms with Crippen molar-refractivity contribution >= 4 is 16.5 Å². The topological polar surface area (TPSA) is 30.9 Å². The zero-order chi connectivity index (χ0) is 16.5. The molecule has 0 aliphatic carbocycles. The smallest absolute Gasteiger partial charge is 0.161 e. The van der Waals surface area contributed by atoms with Crippen molar-refractivity contribution in [3.05, 3.63) is 60.2 Å². The van der Waals surface area contributed by atoms with E-state index in [4.69, 9.17) is 14.2 Å². The predicted molar refractivity (Wildman–Crippen MR) is 95.2 cm³/mol. The zero-order valence-electron chi connectivity index (χ0n) is 13.8. The van der Waals surface area contributed by atoms with Crippen molar-refractivity contribution in [1.29, 1.82) is 0 Å². The Kier molecular flexibility index (Phi) is 3.65. The summed E-state index contributed by atoms with van der Waals surface area (Å²) in [5.41, 5.74) is 2.17. The zero-order valence-corrected chi connectivity index (χ0v) is 13.8. The normalized spacial score (nSPS) is 13.3. The van der Waals surface area contributed by atoms with E-state index < -0.39 is 0 Å². The summed E-state index contributed by atoms with van der Waals surface area (Å²) in [7, 11) is 3.35. The van der Waals surface area contributed by atoms with E-state index in [1.165, 1.54) is 16.3 Å². The predicted octanol–water partition coefficient (Wildman–Crippen LogP) is 4.21. The van der Waals surface area contributed by atoms with Gasteiger partial charge in [-0.1, -0.05) is 30.3 Å². The Morgan fingerprint density at radius 1 is 0.958 bits per heavy atom. The highest BCUT2D eigenvalue weighted by atomic mass is 16.5. The molecule has 122 valence electrons. The number of benzene rings is 3. The van der Waals surface area contributed by atoms with Gasteiger partial charge in [0.15, 0.2) is 6.73 Å². The lowest BCUT2D eigenvalue weighted by molar-refractivity contribution is 0.288. The molecule has 1 heterocycles. The van der Waals surface area contributed by atoms with Gasteiger partial charge in [0, 0.05) is 11.6 Å². The van der Waals surface area contributed by atoms with E-state index in [1.807, 2.05) is 18.2 Å². The van der Waals surface area contributed by atoms with Crippen molar-refractivity contribution in [2.24, 2.45) is 0 Å². The van der Waals surface area contributed by atoms with Crippen LogP contribution in [0, 0.1) is 0 Å². The Labute approximate surface area is 141 Å². The average Bonchev–Trinajstić information content (AvgIpc) is 2.67. The van der Waals surface area contributed by atoms with Gasteiger partial charge >= 0.3 is 0 Å². The third kappa shape index (κ3) is 2.40. The Balaban J connectivity index is 1.78. The van der Waals surface area contributed by atoms with Crippen LogP contribution < -0.4 is 19.1 Å². The van der Waals surface area contributed by atoms with Crippen LogP contribution in [0.25, 0.3) is 10.8 Å². The lowest BCUT2D eigenvalue weighted by Crippen LogP contribution is -2.32. The summed E-state index contributed by atoms with van der Waals surface area (Å²) in [4.78, 5) is 2.16. The average molecular weight is 321 g/mol. The minimum Gasteiger partial charge on any atom is -0.497 e. The van der Waals surface area contributed by atoms with Crippen LogP contribution in [-0.4, -0.2) is 21.0 Å². The molecule has 0 saturated carbocycles. The van der Waals surface area contributed by atoms with Gasteiger partial charge in [0.25, 0.3) is 0 Å². The summed E-state index contributed by atoms with van der Waals surface area (Å²) >= 11 is 0. The Hall–Kier alpha value is -2.88. The number of nitrogens with zero attached hydrogens (tertiary/aromatic N) is 1. The number of anilines is 1. The fourth-order valence-electron chi connectivity index (χ4n) is 3.20. The van der Waals surface area contributed by atoms with E-state index in [9.17, 15) is 0 Å². The van der Waals surface area contributed by atoms with Crippen molar-refractivity contribution in [1.82, 2.24) is 0 Å². The number of hydrogen-bond donors (Lipinski definition) is 0. The Morgan fingerprint density at radius 2 is 1.83 bits per heavy atom. The van der Waals surface area contributed by atoms with E-state index >= 15 is 0 Å². The van der Waals surface area contributed by atoms with Crippen molar-refractivity contribution in [3.8, 4) is 17.2 Å². The number of methoxy groups -OCH3 is 2. The molecule has 0 saturated heterocycles. The second-order valence-electron chi connectivity index (χ2n) is 5.77. The third-order valence-corrected chi connectivity index (χ3v) is 4.45. The van der Waals surface area contributed by atoms with Crippen LogP contribution in [0.3, 0.4) is 0 Å². The molecule has 0 unspecified atom stereocenters. The van der Waals surface area contributed by atoms with Crippen molar-refractivity contribution in [3.63, 3.8) is 0 Å². The molecule has 3 aromatic rings. The van der Waals surface area contributed by atoms with Gasteiger partial charge in [-0.15, -0.1) is 0 Å². The third-order valence-electron chi connectivity index (χ3n) is 4.45. The molecule has 1 aliphatic heterocycles. The lowest BCUT2D eigenvalue weighted by Gasteiger charge is -2.32. The van der Waals surface area contributed by atoms with Gasteiger partial charge in [-0.25, -0.2) is 0 Å². The van der Waals surface area contributed by atoms with E-state index in [1.54, 1.807) is 14.2 Å². The number of fused-ring (bicyclic) bond motifs is 3. The first-order chi connectivity index (χ1) is 11.8. The first-order valence-corrected chi connectivity index (χ1v) is 7.90. The van der Waals surface area contributed by atoms with Gasteiger partial charge in [-0.2, -0.15) is 0 Å². The first-order valence-electron chi connectivity index (χ1n) is 7.90. The summed E-state index contributed by atoms with van der Waals surface area (Å²) < 4.78 is 16.9. The van der Waals surface area contributed by atoms with Crippen molar-refractivity contribution in [2.75, 3.05) is 25.9 Å². The van der Waals surface area contributed by atoms with E-state index in [0.717, 1.165) is 29.5 Å². The van der Waals surface area contributed by atoms with Gasteiger partial charge in [-0.05, 0) is 29.0 Å². The minimum absolute atomic E-state index is 0.481. The molecular formula is C20H19NO3. The molecule has 1 aliphatic rings. The van der Waals surface area contributed by atoms with Crippen LogP contribution in [0.4, 0.5) is 5.69 Å². The Bertz CT molecular complexity index is 891. The molecule has 4 nitrogen and oxygen atoms in total. The molecule has 0 fully saturated rings. The lowest BCUT2D eigenvalue weighted by atomic mass is 10.0. The highest BCUT2D eigenvalue weighted by Gasteiger charge is 2.22. The maximum Gasteiger partial charge on any atom is 0.161 e. The molecule has 0 spiro atoms. The van der Waals surface area contributed by atoms with Gasteiger partial charge in [0.2, 0.25) is 0 Å². The van der Waals surface area contributed by atoms with Crippen LogP contribution in [-0.2, 0) is 6.54 Å². The van der Waals surface area contributed by atoms with Gasteiger partial charge in [0.1, 0.15) is 17.2 Å². The minimum atomic E-state index is 0.481. The largest absolute Gasteiger partial charge is 0.497 e. The fraction of sp³-hybridized carbons (Fsp3) is 0.200. The van der Waals surface area contributed by atoms with Gasteiger partial charge in [-0.3, -0.25) is 0 Å². The second kappa shape index (κ2) is 5.96. The maximum atomic E-state index is 6.00. The van der Waals surface area contributed by atoms with Crippen LogP contribution in [0.1, 0.15) is 5.56 Å². The van der Waals surface area contributed by atoms with Crippen LogP contribution in [0.2, 0.25) is 0 Å². The van der Waals surface area contributed by atoms with Crippen molar-refractivity contribution in [2.45, 2.75) is 6.54 Å². The monoisotopic (exact) mass is 321 g/mol. The standard InChI is InChI=1S/C20H19NO3/c1-22-15-8-10-20(23-2)18(11-15)21-12-17-16-6-4-3-5-14(16)7-9-19(17)24-13-21/h3-11H,12-13H2,1-2H3. The van der Waals surface area contributed by atoms with E-state index in [-0.39, 0.29) is 0 Å². The molecule has 0 atom stereocenters. The summed E-state index contributed by atoms with van der Waals surface area (Å²) in [6.45, 7) is 1.25. The van der Waals surface area contributed by atoms with Gasteiger partial charge in [0.05, 0.1) is 26.5 Å². The maximum absolute atomic E-state index is 6.00. The second-order valence-corrected chi connectivity index (χ2v) is 5.77. The highest BCUT2D eigenvalue weighted by Crippen LogP contribution is 2.38. The van der Waals surface area contributed by atoms with Crippen molar-refractivity contribution < 1.29 is 14.2 Å². The molecule has 4 heteroatoms. The summed E-state index contributed by atoms with van der Waals surface area (Å²) in [5.74, 6) is 2.56. The van der Waals surface area contributed by atoms with Gasteiger partial charge < -0.3 is 19.1 Å². The molecule has 0 aromatic heterocycles. The van der Waals surface area contributed by atoms with Crippen LogP contribution in [0.15, 0.2) is 54.6 Å². The molecule has 0 amide bonds. The molecule has 3 aromatic carbocycles. The fourth-order valence-corrected chi connectivity index (χ4v) is 3.20. The summed E-state index contributed by atoms with van der Waals surface area (Å²) in [5, 5.41) is 2.45. The summed E-state index contributed by atoms with van der Waals surface area (Å²) in [6, 6.07) is 18.4. The number of ether oxygens (including phenoxy) is 3. The van der Waals surface area contributed by atoms with E-state index in [0.29, 0.717) is 6.73 Å². The number of rotatable bonds is 3. The molecule has 0 radical (unpaired) electrons. The molecule has 24 heavy (non-hydrogen) atoms. The molecular weight excluding hydrogens is 302 g/mol. The first kappa shape index (κ1) is 14.7. The quantitative estimate of drug-likeness (QED) is 0.723. The van der Waals surface area contributed by atoms with E-state index in [2.05, 4.69) is 41.3 Å². The van der Waals surface area contributed by atoms with Crippen LogP contribution >= 0.6 is 0 Å². The highest BCUT2D eigenvalue weighted by molar-refractivity contribution is 5.88. The molecule has 4 rings (SSSR count). The molecule has 0 N–H and O–H groups in total. The molecule has 0 bridgehead atoms. The van der Waals surface area contributed by atoms with Crippen LogP contribution in [0.5, 0.6) is 17.2 Å².